The van der Waals surface area contributed by atoms with Crippen LogP contribution in [0.5, 0.6) is 0 Å². The predicted octanol–water partition coefficient (Wildman–Crippen LogP) is -0.443. The molecule has 1 heterocycles. The Bertz CT molecular complexity index is 358. The van der Waals surface area contributed by atoms with Crippen molar-refractivity contribution in [1.29, 1.82) is 0 Å². The minimum atomic E-state index is -0.811. The van der Waals surface area contributed by atoms with Gasteiger partial charge in [0.25, 0.3) is 0 Å². The lowest BCUT2D eigenvalue weighted by atomic mass is 10.0. The summed E-state index contributed by atoms with van der Waals surface area (Å²) in [7, 11) is 0. The minimum Gasteiger partial charge on any atom is -0.388 e. The molecule has 0 aromatic heterocycles. The highest BCUT2D eigenvalue weighted by atomic mass is 16.3. The van der Waals surface area contributed by atoms with E-state index in [9.17, 15) is 19.5 Å². The maximum Gasteiger partial charge on any atom is 0.240 e. The number of carbonyl (C=O) groups is 3. The van der Waals surface area contributed by atoms with Crippen molar-refractivity contribution in [2.24, 2.45) is 0 Å². The van der Waals surface area contributed by atoms with E-state index in [0.717, 1.165) is 17.7 Å². The lowest BCUT2D eigenvalue weighted by Crippen LogP contribution is -2.45. The molecule has 0 radical (unpaired) electrons. The Morgan fingerprint density at radius 2 is 1.78 bits per heavy atom. The third-order valence-corrected chi connectivity index (χ3v) is 3.61. The van der Waals surface area contributed by atoms with Gasteiger partial charge in [-0.25, -0.2) is 0 Å². The topological polar surface area (TPSA) is 86.7 Å². The molecule has 6 nitrogen and oxygen atoms in total. The molecule has 3 amide bonds. The van der Waals surface area contributed by atoms with Crippen LogP contribution in [0.25, 0.3) is 0 Å². The first-order chi connectivity index (χ1) is 8.50. The Morgan fingerprint density at radius 1 is 1.22 bits per heavy atom. The summed E-state index contributed by atoms with van der Waals surface area (Å²) in [5, 5.41) is 12.6. The van der Waals surface area contributed by atoms with Crippen LogP contribution in [0.15, 0.2) is 0 Å². The molecule has 2 rings (SSSR count). The second-order valence-electron chi connectivity index (χ2n) is 5.08. The van der Waals surface area contributed by atoms with Crippen LogP contribution < -0.4 is 5.32 Å². The lowest BCUT2D eigenvalue weighted by Gasteiger charge is -2.23. The number of carbonyl (C=O) groups excluding carboxylic acids is 3. The molecule has 2 fully saturated rings. The van der Waals surface area contributed by atoms with Gasteiger partial charge < -0.3 is 10.4 Å². The highest BCUT2D eigenvalue weighted by molar-refractivity contribution is 6.04. The summed E-state index contributed by atoms with van der Waals surface area (Å²) in [6.45, 7) is -0.0319. The molecular weight excluding hydrogens is 236 g/mol. The maximum atomic E-state index is 11.6. The van der Waals surface area contributed by atoms with E-state index in [-0.39, 0.29) is 43.7 Å². The molecule has 0 unspecified atom stereocenters. The molecule has 18 heavy (non-hydrogen) atoms. The van der Waals surface area contributed by atoms with E-state index in [0.29, 0.717) is 12.8 Å². The molecule has 0 atom stereocenters. The molecule has 6 heteroatoms. The zero-order chi connectivity index (χ0) is 13.2. The fourth-order valence-corrected chi connectivity index (χ4v) is 2.47. The minimum absolute atomic E-state index is 0.191. The summed E-state index contributed by atoms with van der Waals surface area (Å²) < 4.78 is 0. The van der Waals surface area contributed by atoms with E-state index < -0.39 is 5.60 Å². The average Bonchev–Trinajstić information content (AvgIpc) is 2.89. The third kappa shape index (κ3) is 2.87. The number of rotatable bonds is 4. The van der Waals surface area contributed by atoms with Crippen molar-refractivity contribution in [3.63, 3.8) is 0 Å². The van der Waals surface area contributed by atoms with Crippen molar-refractivity contribution < 1.29 is 19.5 Å². The molecule has 2 N–H and O–H groups in total. The molecule has 1 saturated carbocycles. The summed E-state index contributed by atoms with van der Waals surface area (Å²) in [5.74, 6) is -0.983. The first kappa shape index (κ1) is 13.0. The van der Waals surface area contributed by atoms with Crippen molar-refractivity contribution >= 4 is 17.7 Å². The highest BCUT2D eigenvalue weighted by Crippen LogP contribution is 2.28. The Balaban J connectivity index is 1.78. The van der Waals surface area contributed by atoms with E-state index in [2.05, 4.69) is 5.32 Å². The van der Waals surface area contributed by atoms with Gasteiger partial charge >= 0.3 is 0 Å². The fraction of sp³-hybridized carbons (Fsp3) is 0.750. The maximum absolute atomic E-state index is 11.6. The number of likely N-dealkylation sites (tertiary alicyclic amines) is 1. The number of hydrogen-bond acceptors (Lipinski definition) is 4. The van der Waals surface area contributed by atoms with Gasteiger partial charge in [0, 0.05) is 19.4 Å². The standard InChI is InChI=1S/C12H18N2O4/c15-9(7-14-10(16)3-4-11(14)17)13-8-12(18)5-1-2-6-12/h18H,1-8H2,(H,13,15). The smallest absolute Gasteiger partial charge is 0.240 e. The summed E-state index contributed by atoms with van der Waals surface area (Å²) in [5.41, 5.74) is -0.811. The van der Waals surface area contributed by atoms with E-state index in [4.69, 9.17) is 0 Å². The summed E-state index contributed by atoms with van der Waals surface area (Å²) in [4.78, 5) is 35.2. The number of nitrogens with one attached hydrogen (secondary N) is 1. The zero-order valence-corrected chi connectivity index (χ0v) is 10.3. The third-order valence-electron chi connectivity index (χ3n) is 3.61. The quantitative estimate of drug-likeness (QED) is 0.666. The summed E-state index contributed by atoms with van der Waals surface area (Å²) in [6.07, 6.45) is 3.70. The SMILES string of the molecule is O=C(CN1C(=O)CCC1=O)NCC1(O)CCCC1. The highest BCUT2D eigenvalue weighted by Gasteiger charge is 2.33. The molecule has 100 valence electrons. The molecule has 0 aromatic rings. The number of aliphatic hydroxyl groups is 1. The van der Waals surface area contributed by atoms with Crippen LogP contribution in [0.2, 0.25) is 0 Å². The van der Waals surface area contributed by atoms with Gasteiger partial charge in [0.05, 0.1) is 5.60 Å². The molecular formula is C12H18N2O4. The van der Waals surface area contributed by atoms with Crippen molar-refractivity contribution in [1.82, 2.24) is 10.2 Å². The lowest BCUT2D eigenvalue weighted by molar-refractivity contribution is -0.142. The first-order valence-electron chi connectivity index (χ1n) is 6.32. The number of imide groups is 1. The van der Waals surface area contributed by atoms with Crippen molar-refractivity contribution in [2.75, 3.05) is 13.1 Å². The molecule has 1 saturated heterocycles. The summed E-state index contributed by atoms with van der Waals surface area (Å²) >= 11 is 0. The number of nitrogens with zero attached hydrogens (tertiary/aromatic N) is 1. The van der Waals surface area contributed by atoms with Crippen LogP contribution in [0.3, 0.4) is 0 Å². The Labute approximate surface area is 105 Å². The van der Waals surface area contributed by atoms with Crippen molar-refractivity contribution in [3.05, 3.63) is 0 Å². The van der Waals surface area contributed by atoms with E-state index >= 15 is 0 Å². The monoisotopic (exact) mass is 254 g/mol. The van der Waals surface area contributed by atoms with Crippen LogP contribution in [-0.4, -0.2) is 46.4 Å². The predicted molar refractivity (Wildman–Crippen MR) is 62.4 cm³/mol. The van der Waals surface area contributed by atoms with Gasteiger partial charge in [-0.3, -0.25) is 19.3 Å². The Kier molecular flexibility index (Phi) is 3.65. The van der Waals surface area contributed by atoms with Gasteiger partial charge in [0.2, 0.25) is 17.7 Å². The van der Waals surface area contributed by atoms with E-state index in [1.165, 1.54) is 0 Å². The Morgan fingerprint density at radius 3 is 2.33 bits per heavy atom. The average molecular weight is 254 g/mol. The van der Waals surface area contributed by atoms with Gasteiger partial charge in [-0.1, -0.05) is 12.8 Å². The normalized spacial score (nSPS) is 22.6. The van der Waals surface area contributed by atoms with Crippen LogP contribution in [0.1, 0.15) is 38.5 Å². The van der Waals surface area contributed by atoms with Crippen molar-refractivity contribution in [3.8, 4) is 0 Å². The largest absolute Gasteiger partial charge is 0.388 e. The van der Waals surface area contributed by atoms with Crippen LogP contribution in [0.4, 0.5) is 0 Å². The second kappa shape index (κ2) is 5.06. The number of amides is 3. The van der Waals surface area contributed by atoms with Gasteiger partial charge in [-0.15, -0.1) is 0 Å². The molecule has 0 spiro atoms. The van der Waals surface area contributed by atoms with Crippen LogP contribution in [0, 0.1) is 0 Å². The molecule has 0 bridgehead atoms. The summed E-state index contributed by atoms with van der Waals surface area (Å²) in [6, 6.07) is 0. The number of hydrogen-bond donors (Lipinski definition) is 2. The zero-order valence-electron chi connectivity index (χ0n) is 10.3. The first-order valence-corrected chi connectivity index (χ1v) is 6.32. The van der Waals surface area contributed by atoms with E-state index in [1.807, 2.05) is 0 Å². The molecule has 1 aliphatic heterocycles. The second-order valence-corrected chi connectivity index (χ2v) is 5.08. The van der Waals surface area contributed by atoms with Gasteiger partial charge in [0.1, 0.15) is 6.54 Å². The van der Waals surface area contributed by atoms with Gasteiger partial charge in [0.15, 0.2) is 0 Å². The van der Waals surface area contributed by atoms with Crippen LogP contribution in [-0.2, 0) is 14.4 Å². The van der Waals surface area contributed by atoms with Gasteiger partial charge in [-0.05, 0) is 12.8 Å². The molecule has 1 aliphatic carbocycles. The molecule has 0 aromatic carbocycles. The Hall–Kier alpha value is -1.43. The van der Waals surface area contributed by atoms with Crippen LogP contribution >= 0.6 is 0 Å². The molecule has 2 aliphatic rings. The van der Waals surface area contributed by atoms with E-state index in [1.54, 1.807) is 0 Å². The fourth-order valence-electron chi connectivity index (χ4n) is 2.47. The van der Waals surface area contributed by atoms with Gasteiger partial charge in [-0.2, -0.15) is 0 Å². The van der Waals surface area contributed by atoms with Crippen molar-refractivity contribution in [2.45, 2.75) is 44.1 Å².